The number of carbonyl (C=O) groups excluding carboxylic acids is 2. The molecule has 1 unspecified atom stereocenters. The van der Waals surface area contributed by atoms with Gasteiger partial charge >= 0.3 is 0 Å². The highest BCUT2D eigenvalue weighted by molar-refractivity contribution is 8.00. The fourth-order valence-electron chi connectivity index (χ4n) is 2.11. The van der Waals surface area contributed by atoms with Crippen LogP contribution in [0.1, 0.15) is 27.1 Å². The van der Waals surface area contributed by atoms with E-state index in [1.807, 2.05) is 0 Å². The first kappa shape index (κ1) is 15.3. The summed E-state index contributed by atoms with van der Waals surface area (Å²) >= 11 is 1.40. The van der Waals surface area contributed by atoms with Gasteiger partial charge in [0.25, 0.3) is 11.8 Å². The van der Waals surface area contributed by atoms with E-state index < -0.39 is 5.91 Å². The number of phenols is 1. The number of aromatic nitrogens is 2. The molecule has 1 aliphatic heterocycles. The number of nitrogens with zero attached hydrogens (tertiary/aromatic N) is 3. The van der Waals surface area contributed by atoms with Crippen molar-refractivity contribution in [3.8, 4) is 5.75 Å². The zero-order chi connectivity index (χ0) is 16.4. The van der Waals surface area contributed by atoms with E-state index in [0.717, 1.165) is 5.56 Å². The zero-order valence-electron chi connectivity index (χ0n) is 12.3. The van der Waals surface area contributed by atoms with Gasteiger partial charge in [0.2, 0.25) is 0 Å². The molecule has 23 heavy (non-hydrogen) atoms. The molecule has 118 valence electrons. The van der Waals surface area contributed by atoms with Gasteiger partial charge in [0.1, 0.15) is 16.8 Å². The average molecular weight is 330 g/mol. The minimum Gasteiger partial charge on any atom is -0.508 e. The summed E-state index contributed by atoms with van der Waals surface area (Å²) in [6.07, 6.45) is 2.86. The van der Waals surface area contributed by atoms with Gasteiger partial charge in [-0.3, -0.25) is 20.0 Å². The molecule has 2 amide bonds. The number of aryl methyl sites for hydroxylation is 1. The van der Waals surface area contributed by atoms with Gasteiger partial charge in [0, 0.05) is 6.20 Å². The second kappa shape index (κ2) is 6.25. The molecule has 3 rings (SSSR count). The van der Waals surface area contributed by atoms with Crippen LogP contribution in [-0.2, 0) is 4.79 Å². The lowest BCUT2D eigenvalue weighted by Gasteiger charge is -2.24. The molecule has 2 aromatic rings. The summed E-state index contributed by atoms with van der Waals surface area (Å²) in [5, 5.41) is 10.3. The number of hydrogen-bond donors (Lipinski definition) is 2. The molecule has 2 N–H and O–H groups in total. The number of hydrogen-bond acceptors (Lipinski definition) is 6. The van der Waals surface area contributed by atoms with Crippen LogP contribution in [0.2, 0.25) is 0 Å². The summed E-state index contributed by atoms with van der Waals surface area (Å²) in [5.41, 5.74) is 4.25. The Kier molecular flexibility index (Phi) is 4.16. The number of carbonyl (C=O) groups is 2. The summed E-state index contributed by atoms with van der Waals surface area (Å²) in [4.78, 5) is 32.3. The Hall–Kier alpha value is -2.61. The van der Waals surface area contributed by atoms with E-state index in [-0.39, 0.29) is 28.5 Å². The normalized spacial score (nSPS) is 17.3. The number of rotatable bonds is 3. The topological polar surface area (TPSA) is 95.4 Å². The van der Waals surface area contributed by atoms with Crippen LogP contribution in [0.15, 0.2) is 36.7 Å². The summed E-state index contributed by atoms with van der Waals surface area (Å²) in [6.45, 7) is 1.77. The van der Waals surface area contributed by atoms with E-state index in [1.165, 1.54) is 29.2 Å². The predicted molar refractivity (Wildman–Crippen MR) is 84.4 cm³/mol. The van der Waals surface area contributed by atoms with Gasteiger partial charge in [-0.05, 0) is 24.6 Å². The summed E-state index contributed by atoms with van der Waals surface area (Å²) < 4.78 is 0. The SMILES string of the molecule is Cc1cnc(C(=O)NN2C(=O)CSC2c2ccc(O)cc2)cn1. The number of nitrogens with one attached hydrogen (secondary N) is 1. The lowest BCUT2D eigenvalue weighted by molar-refractivity contribution is -0.130. The lowest BCUT2D eigenvalue weighted by atomic mass is 10.2. The smallest absolute Gasteiger partial charge is 0.290 e. The third-order valence-corrected chi connectivity index (χ3v) is 4.49. The Balaban J connectivity index is 1.78. The highest BCUT2D eigenvalue weighted by Gasteiger charge is 2.34. The molecule has 1 aromatic heterocycles. The lowest BCUT2D eigenvalue weighted by Crippen LogP contribution is -2.44. The first-order valence-corrected chi connectivity index (χ1v) is 7.91. The molecule has 1 saturated heterocycles. The van der Waals surface area contributed by atoms with Crippen LogP contribution in [0, 0.1) is 6.92 Å². The maximum atomic E-state index is 12.2. The number of hydrazine groups is 1. The van der Waals surface area contributed by atoms with E-state index in [9.17, 15) is 14.7 Å². The van der Waals surface area contributed by atoms with Crippen LogP contribution >= 0.6 is 11.8 Å². The third kappa shape index (κ3) is 3.26. The van der Waals surface area contributed by atoms with Gasteiger partial charge in [0.05, 0.1) is 17.6 Å². The number of benzene rings is 1. The van der Waals surface area contributed by atoms with Crippen molar-refractivity contribution in [1.29, 1.82) is 0 Å². The summed E-state index contributed by atoms with van der Waals surface area (Å²) in [6, 6.07) is 6.53. The molecule has 1 aromatic carbocycles. The van der Waals surface area contributed by atoms with Gasteiger partial charge in [-0.2, -0.15) is 0 Å². The van der Waals surface area contributed by atoms with E-state index >= 15 is 0 Å². The molecule has 1 atom stereocenters. The van der Waals surface area contributed by atoms with Crippen molar-refractivity contribution in [3.63, 3.8) is 0 Å². The van der Waals surface area contributed by atoms with Crippen molar-refractivity contribution in [1.82, 2.24) is 20.4 Å². The summed E-state index contributed by atoms with van der Waals surface area (Å²) in [5.74, 6) is -0.266. The molecule has 8 heteroatoms. The second-order valence-corrected chi connectivity index (χ2v) is 6.07. The summed E-state index contributed by atoms with van der Waals surface area (Å²) in [7, 11) is 0. The van der Waals surface area contributed by atoms with Crippen molar-refractivity contribution in [3.05, 3.63) is 53.6 Å². The highest BCUT2D eigenvalue weighted by Crippen LogP contribution is 2.37. The molecule has 0 radical (unpaired) electrons. The first-order chi connectivity index (χ1) is 11.0. The molecule has 7 nitrogen and oxygen atoms in total. The van der Waals surface area contributed by atoms with E-state index in [1.54, 1.807) is 31.2 Å². The fourth-order valence-corrected chi connectivity index (χ4v) is 3.22. The van der Waals surface area contributed by atoms with Crippen molar-refractivity contribution < 1.29 is 14.7 Å². The molecule has 0 aliphatic carbocycles. The van der Waals surface area contributed by atoms with Crippen molar-refractivity contribution >= 4 is 23.6 Å². The Morgan fingerprint density at radius 1 is 1.30 bits per heavy atom. The fraction of sp³-hybridized carbons (Fsp3) is 0.200. The van der Waals surface area contributed by atoms with Crippen LogP contribution in [0.3, 0.4) is 0 Å². The van der Waals surface area contributed by atoms with Gasteiger partial charge in [-0.1, -0.05) is 12.1 Å². The third-order valence-electron chi connectivity index (χ3n) is 3.28. The van der Waals surface area contributed by atoms with Crippen molar-refractivity contribution in [2.24, 2.45) is 0 Å². The quantitative estimate of drug-likeness (QED) is 0.883. The Bertz CT molecular complexity index is 733. The molecule has 0 saturated carbocycles. The monoisotopic (exact) mass is 330 g/mol. The van der Waals surface area contributed by atoms with Gasteiger partial charge in [-0.25, -0.2) is 9.99 Å². The maximum absolute atomic E-state index is 12.2. The molecule has 1 fully saturated rings. The van der Waals surface area contributed by atoms with Gasteiger partial charge in [0.15, 0.2) is 0 Å². The van der Waals surface area contributed by atoms with Crippen LogP contribution in [0.5, 0.6) is 5.75 Å². The average Bonchev–Trinajstić information content (AvgIpc) is 2.90. The largest absolute Gasteiger partial charge is 0.508 e. The molecule has 1 aliphatic rings. The highest BCUT2D eigenvalue weighted by atomic mass is 32.2. The number of aromatic hydroxyl groups is 1. The standard InChI is InChI=1S/C15H14N4O3S/c1-9-6-17-12(7-16-9)14(22)18-19-13(21)8-23-15(19)10-2-4-11(20)5-3-10/h2-7,15,20H,8H2,1H3,(H,18,22). The van der Waals surface area contributed by atoms with E-state index in [0.29, 0.717) is 5.69 Å². The number of amides is 2. The Morgan fingerprint density at radius 3 is 2.70 bits per heavy atom. The molecule has 2 heterocycles. The molecule has 0 bridgehead atoms. The maximum Gasteiger partial charge on any atom is 0.290 e. The molecular formula is C15H14N4O3S. The van der Waals surface area contributed by atoms with Crippen LogP contribution in [0.25, 0.3) is 0 Å². The van der Waals surface area contributed by atoms with Gasteiger partial charge in [-0.15, -0.1) is 11.8 Å². The van der Waals surface area contributed by atoms with Crippen molar-refractivity contribution in [2.75, 3.05) is 5.75 Å². The van der Waals surface area contributed by atoms with Crippen LogP contribution < -0.4 is 5.43 Å². The van der Waals surface area contributed by atoms with Crippen LogP contribution in [0.4, 0.5) is 0 Å². The molecule has 0 spiro atoms. The van der Waals surface area contributed by atoms with Crippen LogP contribution in [-0.4, -0.2) is 37.7 Å². The van der Waals surface area contributed by atoms with E-state index in [4.69, 9.17) is 0 Å². The minimum atomic E-state index is -0.489. The number of thioether (sulfide) groups is 1. The van der Waals surface area contributed by atoms with Crippen molar-refractivity contribution in [2.45, 2.75) is 12.3 Å². The first-order valence-electron chi connectivity index (χ1n) is 6.87. The Morgan fingerprint density at radius 2 is 2.04 bits per heavy atom. The zero-order valence-corrected chi connectivity index (χ0v) is 13.1. The Labute approximate surface area is 136 Å². The minimum absolute atomic E-state index is 0.143. The molecular weight excluding hydrogens is 316 g/mol. The second-order valence-electron chi connectivity index (χ2n) is 5.00. The van der Waals surface area contributed by atoms with Gasteiger partial charge < -0.3 is 5.11 Å². The van der Waals surface area contributed by atoms with E-state index in [2.05, 4.69) is 15.4 Å². The number of phenolic OH excluding ortho intramolecular Hbond substituents is 1. The predicted octanol–water partition coefficient (Wildman–Crippen LogP) is 1.41.